The summed E-state index contributed by atoms with van der Waals surface area (Å²) < 4.78 is 18.8. The predicted octanol–water partition coefficient (Wildman–Crippen LogP) is 2.00. The smallest absolute Gasteiger partial charge is 0.407 e. The third-order valence-corrected chi connectivity index (χ3v) is 3.16. The molecule has 1 aliphatic rings. The number of hydrogen-bond acceptors (Lipinski definition) is 3. The summed E-state index contributed by atoms with van der Waals surface area (Å²) in [6.45, 7) is 1.27. The molecule has 2 N–H and O–H groups in total. The summed E-state index contributed by atoms with van der Waals surface area (Å²) in [5, 5.41) is 5.59. The maximum atomic E-state index is 13.7. The molecule has 0 bridgehead atoms. The van der Waals surface area contributed by atoms with Gasteiger partial charge in [0, 0.05) is 6.54 Å². The van der Waals surface area contributed by atoms with Crippen molar-refractivity contribution in [2.75, 3.05) is 13.1 Å². The zero-order valence-electron chi connectivity index (χ0n) is 10.8. The van der Waals surface area contributed by atoms with E-state index in [4.69, 9.17) is 4.74 Å². The predicted molar refractivity (Wildman–Crippen MR) is 70.6 cm³/mol. The van der Waals surface area contributed by atoms with Crippen LogP contribution in [0.25, 0.3) is 0 Å². The third kappa shape index (κ3) is 4.52. The fourth-order valence-corrected chi connectivity index (χ4v) is 2.09. The molecule has 1 heterocycles. The molecule has 1 aliphatic heterocycles. The number of rotatable bonds is 3. The van der Waals surface area contributed by atoms with E-state index in [1.165, 1.54) is 0 Å². The van der Waals surface area contributed by atoms with Gasteiger partial charge in [0.25, 0.3) is 0 Å². The Bertz CT molecular complexity index is 400. The summed E-state index contributed by atoms with van der Waals surface area (Å²) in [6.07, 6.45) is -0.135. The van der Waals surface area contributed by atoms with Crippen molar-refractivity contribution < 1.29 is 13.9 Å². The number of nitrogens with one attached hydrogen (secondary N) is 2. The van der Waals surface area contributed by atoms with Crippen LogP contribution in [0.1, 0.15) is 18.4 Å². The molecule has 104 valence electrons. The molecule has 1 saturated heterocycles. The second kappa shape index (κ2) is 7.09. The van der Waals surface area contributed by atoms with Crippen molar-refractivity contribution in [3.63, 3.8) is 0 Å². The Labute approximate surface area is 112 Å². The van der Waals surface area contributed by atoms with E-state index in [2.05, 4.69) is 10.6 Å². The maximum absolute atomic E-state index is 13.7. The summed E-state index contributed by atoms with van der Waals surface area (Å²) in [7, 11) is 0. The second-order valence-corrected chi connectivity index (χ2v) is 4.67. The molecule has 2 unspecified atom stereocenters. The molecule has 4 nitrogen and oxygen atoms in total. The Hall–Kier alpha value is -1.62. The van der Waals surface area contributed by atoms with E-state index < -0.39 is 18.3 Å². The SMILES string of the molecule is O=C(NC1CCCNCC1F)OCc1ccccc1. The summed E-state index contributed by atoms with van der Waals surface area (Å²) in [6, 6.07) is 8.95. The van der Waals surface area contributed by atoms with Crippen LogP contribution >= 0.6 is 0 Å². The van der Waals surface area contributed by atoms with Gasteiger partial charge < -0.3 is 15.4 Å². The first-order chi connectivity index (χ1) is 9.25. The van der Waals surface area contributed by atoms with Crippen LogP contribution in [0, 0.1) is 0 Å². The van der Waals surface area contributed by atoms with Gasteiger partial charge in [-0.05, 0) is 24.9 Å². The molecule has 1 fully saturated rings. The van der Waals surface area contributed by atoms with Crippen LogP contribution in [0.3, 0.4) is 0 Å². The number of hydrogen-bond donors (Lipinski definition) is 2. The Morgan fingerprint density at radius 3 is 3.00 bits per heavy atom. The van der Waals surface area contributed by atoms with Gasteiger partial charge in [-0.2, -0.15) is 0 Å². The zero-order chi connectivity index (χ0) is 13.5. The molecule has 1 amide bonds. The van der Waals surface area contributed by atoms with Crippen molar-refractivity contribution in [1.82, 2.24) is 10.6 Å². The van der Waals surface area contributed by atoms with Gasteiger partial charge in [0.2, 0.25) is 0 Å². The number of amides is 1. The molecular formula is C14H19FN2O2. The Balaban J connectivity index is 1.77. The third-order valence-electron chi connectivity index (χ3n) is 3.16. The van der Waals surface area contributed by atoms with Gasteiger partial charge in [-0.3, -0.25) is 0 Å². The second-order valence-electron chi connectivity index (χ2n) is 4.67. The van der Waals surface area contributed by atoms with Crippen molar-refractivity contribution in [3.05, 3.63) is 35.9 Å². The van der Waals surface area contributed by atoms with Crippen LogP contribution in [0.2, 0.25) is 0 Å². The van der Waals surface area contributed by atoms with Crippen LogP contribution in [0.5, 0.6) is 0 Å². The molecule has 0 aromatic heterocycles. The summed E-state index contributed by atoms with van der Waals surface area (Å²) in [5.41, 5.74) is 0.914. The maximum Gasteiger partial charge on any atom is 0.407 e. The highest BCUT2D eigenvalue weighted by Gasteiger charge is 2.25. The zero-order valence-corrected chi connectivity index (χ0v) is 10.8. The van der Waals surface area contributed by atoms with Crippen molar-refractivity contribution in [2.45, 2.75) is 31.7 Å². The largest absolute Gasteiger partial charge is 0.445 e. The molecular weight excluding hydrogens is 247 g/mol. The topological polar surface area (TPSA) is 50.4 Å². The van der Waals surface area contributed by atoms with Gasteiger partial charge in [-0.1, -0.05) is 30.3 Å². The number of ether oxygens (including phenoxy) is 1. The monoisotopic (exact) mass is 266 g/mol. The van der Waals surface area contributed by atoms with Gasteiger partial charge in [-0.15, -0.1) is 0 Å². The van der Waals surface area contributed by atoms with E-state index in [-0.39, 0.29) is 13.2 Å². The quantitative estimate of drug-likeness (QED) is 0.880. The number of halogens is 1. The first kappa shape index (κ1) is 13.8. The number of carbonyl (C=O) groups is 1. The van der Waals surface area contributed by atoms with Gasteiger partial charge in [0.15, 0.2) is 0 Å². The van der Waals surface area contributed by atoms with Gasteiger partial charge >= 0.3 is 6.09 Å². The van der Waals surface area contributed by atoms with Crippen molar-refractivity contribution in [1.29, 1.82) is 0 Å². The molecule has 2 rings (SSSR count). The molecule has 0 radical (unpaired) electrons. The Morgan fingerprint density at radius 1 is 1.42 bits per heavy atom. The molecule has 1 aromatic rings. The number of alkyl carbamates (subject to hydrolysis) is 1. The number of carbonyl (C=O) groups excluding carboxylic acids is 1. The summed E-state index contributed by atoms with van der Waals surface area (Å²) >= 11 is 0. The lowest BCUT2D eigenvalue weighted by atomic mass is 10.1. The summed E-state index contributed by atoms with van der Waals surface area (Å²) in [4.78, 5) is 11.6. The highest BCUT2D eigenvalue weighted by Crippen LogP contribution is 2.10. The van der Waals surface area contributed by atoms with Crippen molar-refractivity contribution in [2.24, 2.45) is 0 Å². The van der Waals surface area contributed by atoms with Gasteiger partial charge in [0.05, 0.1) is 6.04 Å². The van der Waals surface area contributed by atoms with E-state index in [0.29, 0.717) is 6.42 Å². The van der Waals surface area contributed by atoms with E-state index in [1.807, 2.05) is 30.3 Å². The van der Waals surface area contributed by atoms with Crippen LogP contribution in [-0.2, 0) is 11.3 Å². The Morgan fingerprint density at radius 2 is 2.21 bits per heavy atom. The van der Waals surface area contributed by atoms with Crippen molar-refractivity contribution in [3.8, 4) is 0 Å². The van der Waals surface area contributed by atoms with E-state index in [9.17, 15) is 9.18 Å². The van der Waals surface area contributed by atoms with E-state index in [1.54, 1.807) is 0 Å². The highest BCUT2D eigenvalue weighted by atomic mass is 19.1. The minimum absolute atomic E-state index is 0.203. The van der Waals surface area contributed by atoms with Gasteiger partial charge in [0.1, 0.15) is 12.8 Å². The molecule has 0 saturated carbocycles. The lowest BCUT2D eigenvalue weighted by Crippen LogP contribution is -2.43. The molecule has 2 atom stereocenters. The lowest BCUT2D eigenvalue weighted by molar-refractivity contribution is 0.127. The van der Waals surface area contributed by atoms with Crippen LogP contribution in [-0.4, -0.2) is 31.4 Å². The highest BCUT2D eigenvalue weighted by molar-refractivity contribution is 5.67. The normalized spacial score (nSPS) is 23.4. The molecule has 5 heteroatoms. The minimum Gasteiger partial charge on any atom is -0.445 e. The molecule has 0 aliphatic carbocycles. The molecule has 0 spiro atoms. The minimum atomic E-state index is -1.06. The van der Waals surface area contributed by atoms with Crippen molar-refractivity contribution >= 4 is 6.09 Å². The Kier molecular flexibility index (Phi) is 5.15. The number of benzene rings is 1. The standard InChI is InChI=1S/C14H19FN2O2/c15-12-9-16-8-4-7-13(12)17-14(18)19-10-11-5-2-1-3-6-11/h1-3,5-6,12-13,16H,4,7-10H2,(H,17,18). The molecule has 1 aromatic carbocycles. The fourth-order valence-electron chi connectivity index (χ4n) is 2.09. The van der Waals surface area contributed by atoms with E-state index in [0.717, 1.165) is 18.5 Å². The van der Waals surface area contributed by atoms with Crippen LogP contribution < -0.4 is 10.6 Å². The van der Waals surface area contributed by atoms with Gasteiger partial charge in [-0.25, -0.2) is 9.18 Å². The average Bonchev–Trinajstić information content (AvgIpc) is 2.63. The fraction of sp³-hybridized carbons (Fsp3) is 0.500. The first-order valence-corrected chi connectivity index (χ1v) is 6.57. The van der Waals surface area contributed by atoms with E-state index >= 15 is 0 Å². The lowest BCUT2D eigenvalue weighted by Gasteiger charge is -2.19. The first-order valence-electron chi connectivity index (χ1n) is 6.57. The molecule has 19 heavy (non-hydrogen) atoms. The van der Waals surface area contributed by atoms with Crippen LogP contribution in [0.15, 0.2) is 30.3 Å². The average molecular weight is 266 g/mol. The van der Waals surface area contributed by atoms with Crippen LogP contribution in [0.4, 0.5) is 9.18 Å². The summed E-state index contributed by atoms with van der Waals surface area (Å²) in [5.74, 6) is 0. The number of alkyl halides is 1.